The Kier molecular flexibility index (Phi) is 3.09. The third kappa shape index (κ3) is 2.47. The van der Waals surface area contributed by atoms with E-state index in [0.717, 1.165) is 5.39 Å². The molecule has 0 fully saturated rings. The lowest BCUT2D eigenvalue weighted by Gasteiger charge is -2.05. The van der Waals surface area contributed by atoms with Crippen LogP contribution in [0.25, 0.3) is 10.9 Å². The number of nitrogens with zero attached hydrogens (tertiary/aromatic N) is 2. The summed E-state index contributed by atoms with van der Waals surface area (Å²) in [6.07, 6.45) is 3.16. The Bertz CT molecular complexity index is 774. The Balaban J connectivity index is 1.91. The van der Waals surface area contributed by atoms with Gasteiger partial charge in [0, 0.05) is 17.6 Å². The minimum absolute atomic E-state index is 0.229. The molecule has 20 heavy (non-hydrogen) atoms. The molecule has 0 aliphatic heterocycles. The maximum atomic E-state index is 13.2. The number of benzene rings is 1. The topological polar surface area (TPSA) is 54.9 Å². The van der Waals surface area contributed by atoms with Gasteiger partial charge in [-0.25, -0.2) is 9.37 Å². The first-order valence-corrected chi connectivity index (χ1v) is 6.00. The maximum absolute atomic E-state index is 13.2. The van der Waals surface area contributed by atoms with Gasteiger partial charge in [-0.05, 0) is 30.3 Å². The number of halogens is 1. The number of carbonyl (C=O) groups is 1. The third-order valence-electron chi connectivity index (χ3n) is 2.81. The molecule has 2 aromatic heterocycles. The fraction of sp³-hybridized carbons (Fsp3) is 0. The molecule has 0 spiro atoms. The summed E-state index contributed by atoms with van der Waals surface area (Å²) in [7, 11) is 0. The van der Waals surface area contributed by atoms with Crippen LogP contribution in [0.1, 0.15) is 10.5 Å². The van der Waals surface area contributed by atoms with Crippen molar-refractivity contribution in [1.29, 1.82) is 0 Å². The highest BCUT2D eigenvalue weighted by molar-refractivity contribution is 6.03. The molecule has 1 N–H and O–H groups in total. The van der Waals surface area contributed by atoms with E-state index in [-0.39, 0.29) is 17.4 Å². The van der Waals surface area contributed by atoms with Crippen LogP contribution in [0.2, 0.25) is 0 Å². The first-order valence-electron chi connectivity index (χ1n) is 6.00. The SMILES string of the molecule is O=C(Nc1cccnc1)c1ccc2ccc(F)cc2n1. The fourth-order valence-corrected chi connectivity index (χ4v) is 1.85. The van der Waals surface area contributed by atoms with Crippen LogP contribution in [0.4, 0.5) is 10.1 Å². The summed E-state index contributed by atoms with van der Waals surface area (Å²) in [5.74, 6) is -0.737. The zero-order valence-electron chi connectivity index (χ0n) is 10.4. The molecule has 0 atom stereocenters. The van der Waals surface area contributed by atoms with Gasteiger partial charge in [0.25, 0.3) is 5.91 Å². The van der Waals surface area contributed by atoms with E-state index in [0.29, 0.717) is 11.2 Å². The lowest BCUT2D eigenvalue weighted by Crippen LogP contribution is -2.13. The highest BCUT2D eigenvalue weighted by Gasteiger charge is 2.09. The summed E-state index contributed by atoms with van der Waals surface area (Å²) in [5.41, 5.74) is 1.26. The van der Waals surface area contributed by atoms with Gasteiger partial charge in [-0.3, -0.25) is 9.78 Å². The number of carbonyl (C=O) groups excluding carboxylic acids is 1. The second-order valence-electron chi connectivity index (χ2n) is 4.23. The highest BCUT2D eigenvalue weighted by atomic mass is 19.1. The fourth-order valence-electron chi connectivity index (χ4n) is 1.85. The van der Waals surface area contributed by atoms with E-state index in [4.69, 9.17) is 0 Å². The standard InChI is InChI=1S/C15H10FN3O/c16-11-5-3-10-4-6-13(19-14(10)8-11)15(20)18-12-2-1-7-17-9-12/h1-9H,(H,18,20). The van der Waals surface area contributed by atoms with Crippen LogP contribution in [0, 0.1) is 5.82 Å². The van der Waals surface area contributed by atoms with E-state index in [9.17, 15) is 9.18 Å². The van der Waals surface area contributed by atoms with E-state index in [2.05, 4.69) is 15.3 Å². The van der Waals surface area contributed by atoms with Crippen molar-refractivity contribution >= 4 is 22.5 Å². The van der Waals surface area contributed by atoms with Gasteiger partial charge in [0.15, 0.2) is 0 Å². The Hall–Kier alpha value is -2.82. The summed E-state index contributed by atoms with van der Waals surface area (Å²) < 4.78 is 13.2. The molecule has 0 saturated heterocycles. The number of pyridine rings is 2. The van der Waals surface area contributed by atoms with E-state index in [1.54, 1.807) is 42.7 Å². The molecule has 0 radical (unpaired) electrons. The van der Waals surface area contributed by atoms with E-state index < -0.39 is 0 Å². The summed E-state index contributed by atoms with van der Waals surface area (Å²) in [6, 6.07) is 11.1. The van der Waals surface area contributed by atoms with Gasteiger partial charge >= 0.3 is 0 Å². The summed E-state index contributed by atoms with van der Waals surface area (Å²) in [4.78, 5) is 20.1. The van der Waals surface area contributed by atoms with Crippen LogP contribution in [-0.4, -0.2) is 15.9 Å². The van der Waals surface area contributed by atoms with Gasteiger partial charge in [-0.1, -0.05) is 6.07 Å². The average molecular weight is 267 g/mol. The molecule has 2 heterocycles. The smallest absolute Gasteiger partial charge is 0.274 e. The van der Waals surface area contributed by atoms with Crippen molar-refractivity contribution in [3.8, 4) is 0 Å². The average Bonchev–Trinajstić information content (AvgIpc) is 2.47. The van der Waals surface area contributed by atoms with Crippen molar-refractivity contribution in [3.05, 3.63) is 66.4 Å². The molecule has 0 bridgehead atoms. The Morgan fingerprint density at radius 3 is 2.80 bits per heavy atom. The minimum atomic E-state index is -0.380. The zero-order valence-corrected chi connectivity index (χ0v) is 10.4. The van der Waals surface area contributed by atoms with Gasteiger partial charge in [0.1, 0.15) is 11.5 Å². The van der Waals surface area contributed by atoms with Crippen molar-refractivity contribution in [3.63, 3.8) is 0 Å². The predicted molar refractivity (Wildman–Crippen MR) is 73.9 cm³/mol. The van der Waals surface area contributed by atoms with Crippen molar-refractivity contribution in [2.24, 2.45) is 0 Å². The van der Waals surface area contributed by atoms with Crippen LogP contribution >= 0.6 is 0 Å². The van der Waals surface area contributed by atoms with E-state index in [1.807, 2.05) is 0 Å². The second-order valence-corrected chi connectivity index (χ2v) is 4.23. The Morgan fingerprint density at radius 2 is 2.00 bits per heavy atom. The monoisotopic (exact) mass is 267 g/mol. The lowest BCUT2D eigenvalue weighted by molar-refractivity contribution is 0.102. The summed E-state index contributed by atoms with van der Waals surface area (Å²) >= 11 is 0. The molecule has 98 valence electrons. The summed E-state index contributed by atoms with van der Waals surface area (Å²) in [5, 5.41) is 3.46. The van der Waals surface area contributed by atoms with Gasteiger partial charge < -0.3 is 5.32 Å². The first-order chi connectivity index (χ1) is 9.72. The number of hydrogen-bond donors (Lipinski definition) is 1. The van der Waals surface area contributed by atoms with Crippen LogP contribution in [0.15, 0.2) is 54.9 Å². The number of anilines is 1. The van der Waals surface area contributed by atoms with Crippen molar-refractivity contribution < 1.29 is 9.18 Å². The number of hydrogen-bond acceptors (Lipinski definition) is 3. The third-order valence-corrected chi connectivity index (χ3v) is 2.81. The molecule has 0 aliphatic carbocycles. The van der Waals surface area contributed by atoms with Crippen molar-refractivity contribution in [2.75, 3.05) is 5.32 Å². The van der Waals surface area contributed by atoms with Gasteiger partial charge in [-0.2, -0.15) is 0 Å². The van der Waals surface area contributed by atoms with Crippen LogP contribution in [0.3, 0.4) is 0 Å². The molecular weight excluding hydrogens is 257 g/mol. The van der Waals surface area contributed by atoms with E-state index in [1.165, 1.54) is 12.1 Å². The normalized spacial score (nSPS) is 10.4. The first kappa shape index (κ1) is 12.2. The molecule has 4 nitrogen and oxygen atoms in total. The Morgan fingerprint density at radius 1 is 1.15 bits per heavy atom. The second kappa shape index (κ2) is 5.05. The minimum Gasteiger partial charge on any atom is -0.319 e. The molecular formula is C15H10FN3O. The molecule has 0 aliphatic rings. The molecule has 0 unspecified atom stereocenters. The number of aromatic nitrogens is 2. The zero-order chi connectivity index (χ0) is 13.9. The van der Waals surface area contributed by atoms with Crippen molar-refractivity contribution in [2.45, 2.75) is 0 Å². The highest BCUT2D eigenvalue weighted by Crippen LogP contribution is 2.15. The number of fused-ring (bicyclic) bond motifs is 1. The van der Waals surface area contributed by atoms with E-state index >= 15 is 0 Å². The molecule has 5 heteroatoms. The quantitative estimate of drug-likeness (QED) is 0.776. The Labute approximate surface area is 114 Å². The number of nitrogens with one attached hydrogen (secondary N) is 1. The van der Waals surface area contributed by atoms with Gasteiger partial charge in [-0.15, -0.1) is 0 Å². The maximum Gasteiger partial charge on any atom is 0.274 e. The molecule has 0 saturated carbocycles. The predicted octanol–water partition coefficient (Wildman–Crippen LogP) is 3.02. The van der Waals surface area contributed by atoms with Crippen LogP contribution in [-0.2, 0) is 0 Å². The molecule has 1 amide bonds. The number of amides is 1. The van der Waals surface area contributed by atoms with Crippen LogP contribution < -0.4 is 5.32 Å². The summed E-state index contributed by atoms with van der Waals surface area (Å²) in [6.45, 7) is 0. The van der Waals surface area contributed by atoms with Gasteiger partial charge in [0.2, 0.25) is 0 Å². The largest absolute Gasteiger partial charge is 0.319 e. The molecule has 1 aromatic carbocycles. The molecule has 3 aromatic rings. The number of rotatable bonds is 2. The van der Waals surface area contributed by atoms with Crippen LogP contribution in [0.5, 0.6) is 0 Å². The van der Waals surface area contributed by atoms with Gasteiger partial charge in [0.05, 0.1) is 17.4 Å². The lowest BCUT2D eigenvalue weighted by atomic mass is 10.2. The van der Waals surface area contributed by atoms with Crippen molar-refractivity contribution in [1.82, 2.24) is 9.97 Å². The molecule has 3 rings (SSSR count).